The van der Waals surface area contributed by atoms with E-state index in [0.29, 0.717) is 15.9 Å². The number of halogens is 1. The molecule has 0 spiro atoms. The van der Waals surface area contributed by atoms with Crippen molar-refractivity contribution in [2.24, 2.45) is 0 Å². The molecule has 0 amide bonds. The normalized spacial score (nSPS) is 23.7. The molecule has 11 nitrogen and oxygen atoms in total. The summed E-state index contributed by atoms with van der Waals surface area (Å²) in [6, 6.07) is 6.50. The van der Waals surface area contributed by atoms with Crippen LogP contribution in [-0.2, 0) is 42.9 Å². The Morgan fingerprint density at radius 2 is 1.54 bits per heavy atom. The number of esters is 4. The number of carbonyl (C=O) groups excluding carboxylic acids is 4. The highest BCUT2D eigenvalue weighted by molar-refractivity contribution is 6.31. The summed E-state index contributed by atoms with van der Waals surface area (Å²) >= 11 is 6.06. The largest absolute Gasteiger partial charge is 0.479 e. The van der Waals surface area contributed by atoms with E-state index in [0.717, 1.165) is 20.8 Å². The molecule has 1 fully saturated rings. The maximum Gasteiger partial charge on any atom is 0.305 e. The predicted octanol–water partition coefficient (Wildman–Crippen LogP) is 2.35. The van der Waals surface area contributed by atoms with Crippen molar-refractivity contribution in [3.8, 4) is 5.75 Å². The standard InChI is InChI=1S/C23H24ClNO10/c1-11(26)30-10-19-20(31-12(2)27)21(32-13(3)28)22(23(35-19)33-14(4)29)34-18-7-8-25-17-9-15(24)5-6-16(17)18/h5-9,19-23H,10H2,1-4H3/t19-,20-,21+,22-,23+/m1/s1. The Kier molecular flexibility index (Phi) is 8.47. The quantitative estimate of drug-likeness (QED) is 0.401. The maximum atomic E-state index is 12.0. The third-order valence-corrected chi connectivity index (χ3v) is 5.09. The molecule has 2 aromatic rings. The molecule has 188 valence electrons. The van der Waals surface area contributed by atoms with Gasteiger partial charge in [-0.05, 0) is 24.3 Å². The molecule has 12 heteroatoms. The molecule has 0 radical (unpaired) electrons. The van der Waals surface area contributed by atoms with Gasteiger partial charge in [0.25, 0.3) is 0 Å². The number of hydrogen-bond donors (Lipinski definition) is 0. The molecule has 0 saturated carbocycles. The molecule has 0 unspecified atom stereocenters. The minimum Gasteiger partial charge on any atom is -0.479 e. The maximum absolute atomic E-state index is 12.0. The number of rotatable bonds is 7. The molecule has 0 bridgehead atoms. The summed E-state index contributed by atoms with van der Waals surface area (Å²) in [6.07, 6.45) is -4.90. The first-order valence-corrected chi connectivity index (χ1v) is 10.9. The van der Waals surface area contributed by atoms with E-state index in [9.17, 15) is 19.2 Å². The summed E-state index contributed by atoms with van der Waals surface area (Å²) in [5.74, 6) is -2.48. The Labute approximate surface area is 205 Å². The molecule has 1 saturated heterocycles. The van der Waals surface area contributed by atoms with Crippen LogP contribution in [0.3, 0.4) is 0 Å². The zero-order valence-corrected chi connectivity index (χ0v) is 20.1. The van der Waals surface area contributed by atoms with Gasteiger partial charge in [-0.25, -0.2) is 0 Å². The molecule has 0 aliphatic carbocycles. The zero-order chi connectivity index (χ0) is 25.7. The van der Waals surface area contributed by atoms with Gasteiger partial charge < -0.3 is 28.4 Å². The van der Waals surface area contributed by atoms with Crippen molar-refractivity contribution in [2.75, 3.05) is 6.61 Å². The Balaban J connectivity index is 2.06. The van der Waals surface area contributed by atoms with Crippen LogP contribution in [0.25, 0.3) is 10.9 Å². The number of fused-ring (bicyclic) bond motifs is 1. The van der Waals surface area contributed by atoms with Gasteiger partial charge in [0.05, 0.1) is 5.52 Å². The van der Waals surface area contributed by atoms with E-state index < -0.39 is 54.6 Å². The average Bonchev–Trinajstić information content (AvgIpc) is 2.75. The number of pyridine rings is 1. The summed E-state index contributed by atoms with van der Waals surface area (Å²) in [5, 5.41) is 1.02. The van der Waals surface area contributed by atoms with Gasteiger partial charge in [-0.15, -0.1) is 0 Å². The van der Waals surface area contributed by atoms with Crippen LogP contribution in [0.15, 0.2) is 30.5 Å². The second kappa shape index (κ2) is 11.3. The Hall–Kier alpha value is -3.44. The van der Waals surface area contributed by atoms with Crippen molar-refractivity contribution >= 4 is 46.4 Å². The first-order valence-electron chi connectivity index (χ1n) is 10.6. The van der Waals surface area contributed by atoms with Gasteiger partial charge in [0, 0.05) is 44.3 Å². The minimum atomic E-state index is -1.42. The summed E-state index contributed by atoms with van der Waals surface area (Å²) in [7, 11) is 0. The lowest BCUT2D eigenvalue weighted by atomic mass is 9.98. The average molecular weight is 510 g/mol. The zero-order valence-electron chi connectivity index (χ0n) is 19.4. The first-order chi connectivity index (χ1) is 16.5. The second-order valence-electron chi connectivity index (χ2n) is 7.66. The third kappa shape index (κ3) is 6.80. The van der Waals surface area contributed by atoms with E-state index in [4.69, 9.17) is 40.0 Å². The van der Waals surface area contributed by atoms with Crippen LogP contribution in [0.4, 0.5) is 0 Å². The van der Waals surface area contributed by atoms with Crippen LogP contribution in [-0.4, -0.2) is 66.2 Å². The first kappa shape index (κ1) is 26.2. The SMILES string of the molecule is CC(=O)OC[C@H]1O[C@H](OC(C)=O)[C@H](Oc2ccnc3cc(Cl)ccc23)[C@@H](OC(C)=O)[C@@H]1OC(C)=O. The number of aromatic nitrogens is 1. The predicted molar refractivity (Wildman–Crippen MR) is 119 cm³/mol. The smallest absolute Gasteiger partial charge is 0.305 e. The number of benzene rings is 1. The number of ether oxygens (including phenoxy) is 6. The van der Waals surface area contributed by atoms with Gasteiger partial charge in [0.2, 0.25) is 12.4 Å². The van der Waals surface area contributed by atoms with Crippen molar-refractivity contribution < 1.29 is 47.6 Å². The lowest BCUT2D eigenvalue weighted by molar-refractivity contribution is -0.292. The van der Waals surface area contributed by atoms with Crippen molar-refractivity contribution in [3.05, 3.63) is 35.5 Å². The highest BCUT2D eigenvalue weighted by Crippen LogP contribution is 2.34. The summed E-state index contributed by atoms with van der Waals surface area (Å²) in [4.78, 5) is 51.4. The number of carbonyl (C=O) groups is 4. The van der Waals surface area contributed by atoms with Crippen LogP contribution in [0.1, 0.15) is 27.7 Å². The molecule has 3 rings (SSSR count). The van der Waals surface area contributed by atoms with Crippen molar-refractivity contribution in [1.82, 2.24) is 4.98 Å². The van der Waals surface area contributed by atoms with Crippen LogP contribution in [0.5, 0.6) is 5.75 Å². The molecule has 5 atom stereocenters. The van der Waals surface area contributed by atoms with Crippen molar-refractivity contribution in [3.63, 3.8) is 0 Å². The van der Waals surface area contributed by atoms with E-state index in [1.807, 2.05) is 0 Å². The Morgan fingerprint density at radius 3 is 2.17 bits per heavy atom. The van der Waals surface area contributed by atoms with Gasteiger partial charge in [-0.3, -0.25) is 24.2 Å². The van der Waals surface area contributed by atoms with E-state index in [1.165, 1.54) is 13.1 Å². The third-order valence-electron chi connectivity index (χ3n) is 4.86. The van der Waals surface area contributed by atoms with E-state index >= 15 is 0 Å². The summed E-state index contributed by atoms with van der Waals surface area (Å²) in [5.41, 5.74) is 0.518. The number of hydrogen-bond acceptors (Lipinski definition) is 11. The van der Waals surface area contributed by atoms with Gasteiger partial charge in [-0.1, -0.05) is 11.6 Å². The topological polar surface area (TPSA) is 137 Å². The number of nitrogens with zero attached hydrogens (tertiary/aromatic N) is 1. The molecule has 35 heavy (non-hydrogen) atoms. The molecule has 1 aliphatic rings. The molecule has 2 heterocycles. The van der Waals surface area contributed by atoms with Crippen LogP contribution >= 0.6 is 11.6 Å². The minimum absolute atomic E-state index is 0.287. The van der Waals surface area contributed by atoms with Crippen molar-refractivity contribution in [1.29, 1.82) is 0 Å². The fourth-order valence-corrected chi connectivity index (χ4v) is 3.77. The van der Waals surface area contributed by atoms with Crippen LogP contribution in [0.2, 0.25) is 5.02 Å². The Bertz CT molecular complexity index is 1120. The fraction of sp³-hybridized carbons (Fsp3) is 0.435. The summed E-state index contributed by atoms with van der Waals surface area (Å²) < 4.78 is 33.2. The van der Waals surface area contributed by atoms with E-state index in [1.54, 1.807) is 24.3 Å². The molecular weight excluding hydrogens is 486 g/mol. The highest BCUT2D eigenvalue weighted by atomic mass is 35.5. The van der Waals surface area contributed by atoms with Crippen LogP contribution in [0, 0.1) is 0 Å². The second-order valence-corrected chi connectivity index (χ2v) is 8.09. The lowest BCUT2D eigenvalue weighted by Gasteiger charge is -2.44. The van der Waals surface area contributed by atoms with Crippen LogP contribution < -0.4 is 4.74 Å². The lowest BCUT2D eigenvalue weighted by Crippen LogP contribution is -2.63. The van der Waals surface area contributed by atoms with Gasteiger partial charge in [-0.2, -0.15) is 0 Å². The van der Waals surface area contributed by atoms with Gasteiger partial charge in [0.1, 0.15) is 18.5 Å². The van der Waals surface area contributed by atoms with Crippen molar-refractivity contribution in [2.45, 2.75) is 58.4 Å². The molecule has 0 N–H and O–H groups in total. The fourth-order valence-electron chi connectivity index (χ4n) is 3.60. The molecule has 1 aromatic carbocycles. The summed E-state index contributed by atoms with van der Waals surface area (Å²) in [6.45, 7) is 4.28. The molecular formula is C23H24ClNO10. The van der Waals surface area contributed by atoms with E-state index in [-0.39, 0.29) is 12.4 Å². The molecule has 1 aliphatic heterocycles. The van der Waals surface area contributed by atoms with Gasteiger partial charge in [0.15, 0.2) is 12.2 Å². The highest BCUT2D eigenvalue weighted by Gasteiger charge is 2.53. The monoisotopic (exact) mass is 509 g/mol. The Morgan fingerprint density at radius 1 is 0.886 bits per heavy atom. The van der Waals surface area contributed by atoms with Gasteiger partial charge >= 0.3 is 23.9 Å². The van der Waals surface area contributed by atoms with E-state index in [2.05, 4.69) is 4.98 Å². The molecule has 1 aromatic heterocycles.